The van der Waals surface area contributed by atoms with Crippen LogP contribution in [0.4, 0.5) is 17.1 Å². The van der Waals surface area contributed by atoms with Crippen molar-refractivity contribution < 1.29 is 0 Å². The average Bonchev–Trinajstić information content (AvgIpc) is 3.66. The molecule has 0 saturated carbocycles. The van der Waals surface area contributed by atoms with Gasteiger partial charge in [0.2, 0.25) is 0 Å². The van der Waals surface area contributed by atoms with Gasteiger partial charge in [0.05, 0.1) is 11.4 Å². The Balaban J connectivity index is 1.04. The predicted molar refractivity (Wildman–Crippen MR) is 231 cm³/mol. The summed E-state index contributed by atoms with van der Waals surface area (Å²) in [5, 5.41) is 0. The first kappa shape index (κ1) is 32.7. The van der Waals surface area contributed by atoms with Crippen molar-refractivity contribution in [3.8, 4) is 44.5 Å². The highest BCUT2D eigenvalue weighted by Gasteiger charge is 2.43. The van der Waals surface area contributed by atoms with Crippen LogP contribution in [0, 0.1) is 0 Å². The molecule has 0 amide bonds. The molecule has 7 aromatic carbocycles. The minimum Gasteiger partial charge on any atom is -0.310 e. The molecule has 7 aromatic rings. The summed E-state index contributed by atoms with van der Waals surface area (Å²) in [5.41, 5.74) is 25.3. The van der Waals surface area contributed by atoms with Gasteiger partial charge in [0, 0.05) is 27.3 Å². The molecule has 1 nitrogen and oxygen atoms in total. The summed E-state index contributed by atoms with van der Waals surface area (Å²) >= 11 is 0. The molecule has 0 saturated heterocycles. The van der Waals surface area contributed by atoms with E-state index in [1.165, 1.54) is 106 Å². The van der Waals surface area contributed by atoms with Gasteiger partial charge >= 0.3 is 0 Å². The van der Waals surface area contributed by atoms with Crippen molar-refractivity contribution in [2.45, 2.75) is 77.0 Å². The summed E-state index contributed by atoms with van der Waals surface area (Å²) in [4.78, 5) is 2.56. The molecule has 3 aliphatic carbocycles. The van der Waals surface area contributed by atoms with Gasteiger partial charge < -0.3 is 4.90 Å². The van der Waals surface area contributed by atoms with Gasteiger partial charge in [-0.2, -0.15) is 0 Å². The first-order valence-corrected chi connectivity index (χ1v) is 20.0. The van der Waals surface area contributed by atoms with Gasteiger partial charge in [-0.3, -0.25) is 0 Å². The van der Waals surface area contributed by atoms with Crippen molar-refractivity contribution in [3.05, 3.63) is 184 Å². The Morgan fingerprint density at radius 3 is 1.31 bits per heavy atom. The first-order valence-electron chi connectivity index (χ1n) is 20.0. The van der Waals surface area contributed by atoms with Crippen molar-refractivity contribution in [1.82, 2.24) is 0 Å². The van der Waals surface area contributed by atoms with Crippen LogP contribution in [0.5, 0.6) is 0 Å². The highest BCUT2D eigenvalue weighted by atomic mass is 15.2. The lowest BCUT2D eigenvalue weighted by Crippen LogP contribution is -2.31. The van der Waals surface area contributed by atoms with E-state index in [0.29, 0.717) is 0 Å². The van der Waals surface area contributed by atoms with Crippen molar-refractivity contribution in [3.63, 3.8) is 0 Å². The van der Waals surface area contributed by atoms with E-state index in [0.717, 1.165) is 0 Å². The molecule has 0 aromatic heterocycles. The molecule has 0 spiro atoms. The molecule has 0 bridgehead atoms. The number of para-hydroxylation sites is 1. The van der Waals surface area contributed by atoms with Gasteiger partial charge in [-0.15, -0.1) is 0 Å². The summed E-state index contributed by atoms with van der Waals surface area (Å²) in [6, 6.07) is 53.6. The Bertz CT molecular complexity index is 2820. The normalized spacial score (nSPS) is 17.6. The molecular formula is C54H47N. The number of rotatable bonds is 2. The molecule has 55 heavy (non-hydrogen) atoms. The van der Waals surface area contributed by atoms with Crippen molar-refractivity contribution in [2.24, 2.45) is 0 Å². The molecule has 1 heterocycles. The standard InChI is InChI=1S/C54H47N/c1-51(2)41-17-11-9-15-35(41)37-24-21-32(27-44(37)51)33-22-25-38-39-26-23-34(29-46(39)54(7,8)45(38)28-33)55-49-20-14-13-19-43(49)53(5,6)48-30-40-36-16-10-12-18-42(36)52(3,4)47(40)31-50(48)55/h9-31H,1-8H3. The van der Waals surface area contributed by atoms with Crippen LogP contribution in [-0.2, 0) is 21.7 Å². The number of fused-ring (bicyclic) bond motifs is 11. The molecule has 0 fully saturated rings. The van der Waals surface area contributed by atoms with Gasteiger partial charge in [-0.05, 0) is 131 Å². The van der Waals surface area contributed by atoms with E-state index in [-0.39, 0.29) is 21.7 Å². The SMILES string of the molecule is CC1(C)c2ccccc2-c2ccc(-c3ccc4c(c3)C(C)(C)c3cc(N5c6ccccc6C(C)(C)c6cc7c(cc65)C(C)(C)c5ccccc5-7)ccc3-4)cc21. The fourth-order valence-electron chi connectivity index (χ4n) is 11.1. The molecule has 4 aliphatic rings. The lowest BCUT2D eigenvalue weighted by molar-refractivity contribution is 0.627. The third-order valence-electron chi connectivity index (χ3n) is 14.3. The van der Waals surface area contributed by atoms with Crippen LogP contribution in [0.25, 0.3) is 44.5 Å². The fourth-order valence-corrected chi connectivity index (χ4v) is 11.1. The largest absolute Gasteiger partial charge is 0.310 e. The van der Waals surface area contributed by atoms with Gasteiger partial charge in [-0.25, -0.2) is 0 Å². The van der Waals surface area contributed by atoms with E-state index in [4.69, 9.17) is 0 Å². The van der Waals surface area contributed by atoms with Gasteiger partial charge in [0.1, 0.15) is 0 Å². The van der Waals surface area contributed by atoms with E-state index < -0.39 is 0 Å². The average molecular weight is 710 g/mol. The highest BCUT2D eigenvalue weighted by molar-refractivity contribution is 5.93. The number of hydrogen-bond acceptors (Lipinski definition) is 1. The lowest BCUT2D eigenvalue weighted by atomic mass is 9.71. The smallest absolute Gasteiger partial charge is 0.0506 e. The third kappa shape index (κ3) is 4.14. The maximum Gasteiger partial charge on any atom is 0.0506 e. The molecule has 1 aliphatic heterocycles. The minimum absolute atomic E-state index is 0.0225. The second kappa shape index (κ2) is 10.5. The van der Waals surface area contributed by atoms with Crippen LogP contribution < -0.4 is 4.90 Å². The Hall–Kier alpha value is -5.66. The summed E-state index contributed by atoms with van der Waals surface area (Å²) in [6.45, 7) is 19.2. The lowest BCUT2D eigenvalue weighted by Gasteiger charge is -2.43. The molecule has 11 rings (SSSR count). The van der Waals surface area contributed by atoms with E-state index in [9.17, 15) is 0 Å². The Morgan fingerprint density at radius 1 is 0.291 bits per heavy atom. The molecule has 0 N–H and O–H groups in total. The van der Waals surface area contributed by atoms with Crippen LogP contribution in [0.3, 0.4) is 0 Å². The Kier molecular flexibility index (Phi) is 6.28. The van der Waals surface area contributed by atoms with E-state index in [1.54, 1.807) is 0 Å². The maximum atomic E-state index is 2.56. The summed E-state index contributed by atoms with van der Waals surface area (Å²) in [6.07, 6.45) is 0. The zero-order valence-electron chi connectivity index (χ0n) is 33.2. The number of nitrogens with zero attached hydrogens (tertiary/aromatic N) is 1. The number of hydrogen-bond donors (Lipinski definition) is 0. The highest BCUT2D eigenvalue weighted by Crippen LogP contribution is 2.59. The molecule has 0 atom stereocenters. The van der Waals surface area contributed by atoms with Crippen LogP contribution >= 0.6 is 0 Å². The van der Waals surface area contributed by atoms with Crippen molar-refractivity contribution in [1.29, 1.82) is 0 Å². The summed E-state index contributed by atoms with van der Waals surface area (Å²) in [7, 11) is 0. The second-order valence-corrected chi connectivity index (χ2v) is 18.6. The third-order valence-corrected chi connectivity index (χ3v) is 14.3. The Labute approximate surface area is 326 Å². The molecule has 1 heteroatoms. The predicted octanol–water partition coefficient (Wildman–Crippen LogP) is 14.4. The fraction of sp³-hybridized carbons (Fsp3) is 0.222. The molecule has 268 valence electrons. The van der Waals surface area contributed by atoms with E-state index in [1.807, 2.05) is 0 Å². The summed E-state index contributed by atoms with van der Waals surface area (Å²) in [5.74, 6) is 0. The van der Waals surface area contributed by atoms with Crippen molar-refractivity contribution >= 4 is 17.1 Å². The first-order chi connectivity index (χ1) is 26.3. The number of benzene rings is 7. The summed E-state index contributed by atoms with van der Waals surface area (Å²) < 4.78 is 0. The maximum absolute atomic E-state index is 2.56. The van der Waals surface area contributed by atoms with Gasteiger partial charge in [-0.1, -0.05) is 152 Å². The van der Waals surface area contributed by atoms with Crippen molar-refractivity contribution in [2.75, 3.05) is 4.90 Å². The molecule has 0 unspecified atom stereocenters. The van der Waals surface area contributed by atoms with E-state index >= 15 is 0 Å². The second-order valence-electron chi connectivity index (χ2n) is 18.6. The van der Waals surface area contributed by atoms with Crippen LogP contribution in [0.1, 0.15) is 99.9 Å². The van der Waals surface area contributed by atoms with Crippen LogP contribution in [0.15, 0.2) is 140 Å². The quantitative estimate of drug-likeness (QED) is 0.173. The van der Waals surface area contributed by atoms with Crippen LogP contribution in [0.2, 0.25) is 0 Å². The molecule has 0 radical (unpaired) electrons. The van der Waals surface area contributed by atoms with E-state index in [2.05, 4.69) is 200 Å². The molecular weight excluding hydrogens is 663 g/mol. The Morgan fingerprint density at radius 2 is 0.709 bits per heavy atom. The topological polar surface area (TPSA) is 3.24 Å². The van der Waals surface area contributed by atoms with Crippen LogP contribution in [-0.4, -0.2) is 0 Å². The van der Waals surface area contributed by atoms with Gasteiger partial charge in [0.25, 0.3) is 0 Å². The minimum atomic E-state index is -0.165. The number of anilines is 3. The monoisotopic (exact) mass is 709 g/mol. The van der Waals surface area contributed by atoms with Gasteiger partial charge in [0.15, 0.2) is 0 Å². The zero-order valence-corrected chi connectivity index (χ0v) is 33.2. The zero-order chi connectivity index (χ0) is 37.8.